The Morgan fingerprint density at radius 1 is 1.00 bits per heavy atom. The molecule has 3 rings (SSSR count). The molecule has 0 unspecified atom stereocenters. The molecule has 0 fully saturated rings. The smallest absolute Gasteiger partial charge is 0.181 e. The molecule has 1 aromatic carbocycles. The highest BCUT2D eigenvalue weighted by atomic mass is 16.3. The molecule has 2 aromatic heterocycles. The van der Waals surface area contributed by atoms with Crippen LogP contribution in [0, 0.1) is 0 Å². The number of furan rings is 1. The van der Waals surface area contributed by atoms with E-state index in [9.17, 15) is 0 Å². The fraction of sp³-hybridized carbons (Fsp3) is 0. The molecule has 2 heterocycles. The van der Waals surface area contributed by atoms with E-state index in [1.807, 2.05) is 36.4 Å². The zero-order chi connectivity index (χ0) is 10.8. The number of oxazole rings is 1. The molecule has 0 aliphatic rings. The Balaban J connectivity index is 2.14. The van der Waals surface area contributed by atoms with Gasteiger partial charge >= 0.3 is 0 Å². The number of aromatic nitrogens is 1. The van der Waals surface area contributed by atoms with Crippen molar-refractivity contribution in [1.82, 2.24) is 4.98 Å². The largest absolute Gasteiger partial charge is 0.464 e. The first-order chi connectivity index (χ1) is 7.95. The van der Waals surface area contributed by atoms with Gasteiger partial charge in [0.15, 0.2) is 6.39 Å². The topological polar surface area (TPSA) is 39.2 Å². The predicted molar refractivity (Wildman–Crippen MR) is 59.6 cm³/mol. The van der Waals surface area contributed by atoms with Crippen LogP contribution in [0.5, 0.6) is 0 Å². The summed E-state index contributed by atoms with van der Waals surface area (Å²) in [6.07, 6.45) is 4.68. The van der Waals surface area contributed by atoms with Crippen LogP contribution in [0.3, 0.4) is 0 Å². The predicted octanol–water partition coefficient (Wildman–Crippen LogP) is 3.60. The van der Waals surface area contributed by atoms with E-state index in [1.165, 1.54) is 6.39 Å². The second kappa shape index (κ2) is 3.70. The van der Waals surface area contributed by atoms with E-state index in [0.717, 1.165) is 22.6 Å². The van der Waals surface area contributed by atoms with Gasteiger partial charge in [-0.15, -0.1) is 0 Å². The lowest BCUT2D eigenvalue weighted by Crippen LogP contribution is -1.79. The molecule has 3 heteroatoms. The monoisotopic (exact) mass is 211 g/mol. The highest BCUT2D eigenvalue weighted by Crippen LogP contribution is 2.31. The molecule has 0 amide bonds. The first kappa shape index (κ1) is 8.97. The number of nitrogens with zero attached hydrogens (tertiary/aromatic N) is 1. The van der Waals surface area contributed by atoms with Gasteiger partial charge in [-0.2, -0.15) is 0 Å². The van der Waals surface area contributed by atoms with Gasteiger partial charge in [0, 0.05) is 11.1 Å². The first-order valence-corrected chi connectivity index (χ1v) is 4.96. The molecule has 0 aliphatic heterocycles. The lowest BCUT2D eigenvalue weighted by atomic mass is 10.1. The van der Waals surface area contributed by atoms with Crippen LogP contribution in [-0.2, 0) is 0 Å². The van der Waals surface area contributed by atoms with Gasteiger partial charge in [0.1, 0.15) is 17.7 Å². The van der Waals surface area contributed by atoms with Crippen LogP contribution < -0.4 is 0 Å². The third-order valence-corrected chi connectivity index (χ3v) is 2.41. The molecule has 3 nitrogen and oxygen atoms in total. The highest BCUT2D eigenvalue weighted by Gasteiger charge is 2.12. The molecule has 0 bridgehead atoms. The maximum atomic E-state index is 5.49. The van der Waals surface area contributed by atoms with Gasteiger partial charge in [-0.25, -0.2) is 4.98 Å². The summed E-state index contributed by atoms with van der Waals surface area (Å²) in [5.41, 5.74) is 2.76. The minimum absolute atomic E-state index is 0.785. The van der Waals surface area contributed by atoms with Crippen LogP contribution in [0.15, 0.2) is 64.2 Å². The number of hydrogen-bond acceptors (Lipinski definition) is 3. The van der Waals surface area contributed by atoms with E-state index in [0.29, 0.717) is 0 Å². The molecule has 0 atom stereocenters. The van der Waals surface area contributed by atoms with Crippen molar-refractivity contribution in [2.45, 2.75) is 0 Å². The fourth-order valence-corrected chi connectivity index (χ4v) is 1.67. The summed E-state index contributed by atoms with van der Waals surface area (Å²) in [4.78, 5) is 4.12. The van der Waals surface area contributed by atoms with Gasteiger partial charge in [0.05, 0.1) is 6.26 Å². The summed E-state index contributed by atoms with van der Waals surface area (Å²) < 4.78 is 10.5. The zero-order valence-electron chi connectivity index (χ0n) is 8.46. The van der Waals surface area contributed by atoms with Crippen molar-refractivity contribution >= 4 is 0 Å². The van der Waals surface area contributed by atoms with Gasteiger partial charge in [-0.3, -0.25) is 0 Å². The Morgan fingerprint density at radius 2 is 1.88 bits per heavy atom. The lowest BCUT2D eigenvalue weighted by molar-refractivity contribution is 0.558. The Hall–Kier alpha value is -2.29. The van der Waals surface area contributed by atoms with Crippen molar-refractivity contribution in [3.05, 3.63) is 55.3 Å². The fourth-order valence-electron chi connectivity index (χ4n) is 1.67. The third kappa shape index (κ3) is 1.42. The van der Waals surface area contributed by atoms with E-state index in [4.69, 9.17) is 8.83 Å². The summed E-state index contributed by atoms with van der Waals surface area (Å²) >= 11 is 0. The van der Waals surface area contributed by atoms with E-state index in [-0.39, 0.29) is 0 Å². The summed E-state index contributed by atoms with van der Waals surface area (Å²) in [7, 11) is 0. The van der Waals surface area contributed by atoms with Crippen molar-refractivity contribution in [2.24, 2.45) is 0 Å². The average molecular weight is 211 g/mol. The second-order valence-corrected chi connectivity index (χ2v) is 3.40. The molecular weight excluding hydrogens is 202 g/mol. The summed E-state index contributed by atoms with van der Waals surface area (Å²) in [5, 5.41) is 0. The number of benzene rings is 1. The number of rotatable bonds is 2. The molecule has 16 heavy (non-hydrogen) atoms. The minimum atomic E-state index is 0.785. The molecule has 3 aromatic rings. The van der Waals surface area contributed by atoms with Gasteiger partial charge in [0.2, 0.25) is 0 Å². The van der Waals surface area contributed by atoms with Crippen LogP contribution in [0.4, 0.5) is 0 Å². The van der Waals surface area contributed by atoms with E-state index in [2.05, 4.69) is 4.98 Å². The van der Waals surface area contributed by atoms with Gasteiger partial charge in [-0.1, -0.05) is 30.3 Å². The quantitative estimate of drug-likeness (QED) is 0.650. The van der Waals surface area contributed by atoms with Crippen LogP contribution in [0.25, 0.3) is 22.6 Å². The van der Waals surface area contributed by atoms with Crippen molar-refractivity contribution in [3.63, 3.8) is 0 Å². The van der Waals surface area contributed by atoms with Crippen molar-refractivity contribution in [1.29, 1.82) is 0 Å². The van der Waals surface area contributed by atoms with Gasteiger partial charge < -0.3 is 8.83 Å². The average Bonchev–Trinajstić information content (AvgIpc) is 3.01. The zero-order valence-corrected chi connectivity index (χ0v) is 8.46. The van der Waals surface area contributed by atoms with Crippen LogP contribution in [0.1, 0.15) is 0 Å². The summed E-state index contributed by atoms with van der Waals surface area (Å²) in [5.74, 6) is 0.814. The SMILES string of the molecule is c1ccc(-c2occc2-c2cocn2)cc1. The number of hydrogen-bond donors (Lipinski definition) is 0. The molecule has 0 radical (unpaired) electrons. The normalized spacial score (nSPS) is 10.5. The van der Waals surface area contributed by atoms with Gasteiger partial charge in [0.25, 0.3) is 0 Å². The second-order valence-electron chi connectivity index (χ2n) is 3.40. The Labute approximate surface area is 92.4 Å². The highest BCUT2D eigenvalue weighted by molar-refractivity contribution is 5.77. The molecule has 0 saturated heterocycles. The molecule has 0 saturated carbocycles. The Bertz CT molecular complexity index is 567. The van der Waals surface area contributed by atoms with Crippen LogP contribution in [-0.4, -0.2) is 4.98 Å². The van der Waals surface area contributed by atoms with Crippen molar-refractivity contribution in [2.75, 3.05) is 0 Å². The summed E-state index contributed by atoms with van der Waals surface area (Å²) in [6.45, 7) is 0. The molecule has 78 valence electrons. The molecule has 0 aliphatic carbocycles. The first-order valence-electron chi connectivity index (χ1n) is 4.96. The Morgan fingerprint density at radius 3 is 2.62 bits per heavy atom. The standard InChI is InChI=1S/C13H9NO2/c1-2-4-10(5-3-1)13-11(6-7-16-13)12-8-15-9-14-12/h1-9H. The molecule has 0 N–H and O–H groups in total. The summed E-state index contributed by atoms with van der Waals surface area (Å²) in [6, 6.07) is 11.8. The van der Waals surface area contributed by atoms with Crippen molar-refractivity contribution < 1.29 is 8.83 Å². The van der Waals surface area contributed by atoms with E-state index < -0.39 is 0 Å². The van der Waals surface area contributed by atoms with Crippen molar-refractivity contribution in [3.8, 4) is 22.6 Å². The molecular formula is C13H9NO2. The van der Waals surface area contributed by atoms with Crippen LogP contribution >= 0.6 is 0 Å². The minimum Gasteiger partial charge on any atom is -0.464 e. The maximum Gasteiger partial charge on any atom is 0.181 e. The van der Waals surface area contributed by atoms with Gasteiger partial charge in [-0.05, 0) is 6.07 Å². The molecule has 0 spiro atoms. The van der Waals surface area contributed by atoms with Crippen LogP contribution in [0.2, 0.25) is 0 Å². The third-order valence-electron chi connectivity index (χ3n) is 2.41. The van der Waals surface area contributed by atoms with E-state index in [1.54, 1.807) is 12.5 Å². The maximum absolute atomic E-state index is 5.49. The van der Waals surface area contributed by atoms with E-state index >= 15 is 0 Å². The Kier molecular flexibility index (Phi) is 2.07. The lowest BCUT2D eigenvalue weighted by Gasteiger charge is -1.98.